The normalized spacial score (nSPS) is 20.6. The molecule has 2 aliphatic rings. The summed E-state index contributed by atoms with van der Waals surface area (Å²) < 4.78 is 10.5. The summed E-state index contributed by atoms with van der Waals surface area (Å²) in [5.41, 5.74) is 1.92. The predicted octanol–water partition coefficient (Wildman–Crippen LogP) is 2.02. The van der Waals surface area contributed by atoms with Gasteiger partial charge in [-0.15, -0.1) is 0 Å². The number of nitrogens with one attached hydrogen (secondary N) is 1. The van der Waals surface area contributed by atoms with E-state index in [4.69, 9.17) is 9.47 Å². The van der Waals surface area contributed by atoms with E-state index in [9.17, 15) is 9.59 Å². The van der Waals surface area contributed by atoms with Gasteiger partial charge in [0, 0.05) is 38.9 Å². The van der Waals surface area contributed by atoms with Gasteiger partial charge in [0.2, 0.25) is 0 Å². The van der Waals surface area contributed by atoms with Crippen LogP contribution in [0.5, 0.6) is 0 Å². The summed E-state index contributed by atoms with van der Waals surface area (Å²) in [6.45, 7) is 3.39. The smallest absolute Gasteiger partial charge is 0.251 e. The number of rotatable bonds is 7. The Balaban J connectivity index is 1.43. The van der Waals surface area contributed by atoms with E-state index < -0.39 is 0 Å². The highest BCUT2D eigenvalue weighted by Crippen LogP contribution is 2.24. The zero-order chi connectivity index (χ0) is 19.1. The Bertz CT molecular complexity index is 618. The zero-order valence-corrected chi connectivity index (χ0v) is 16.1. The number of methoxy groups -OCH3 is 1. The summed E-state index contributed by atoms with van der Waals surface area (Å²) in [5.74, 6) is 0.689. The molecule has 2 saturated heterocycles. The Morgan fingerprint density at radius 2 is 1.93 bits per heavy atom. The molecule has 148 valence electrons. The van der Waals surface area contributed by atoms with Crippen molar-refractivity contribution in [1.29, 1.82) is 0 Å². The summed E-state index contributed by atoms with van der Waals surface area (Å²) in [6.07, 6.45) is 4.70. The molecular weight excluding hydrogens is 344 g/mol. The van der Waals surface area contributed by atoms with Crippen molar-refractivity contribution in [3.05, 3.63) is 35.4 Å². The van der Waals surface area contributed by atoms with Gasteiger partial charge in [-0.05, 0) is 55.7 Å². The number of amides is 2. The monoisotopic (exact) mass is 374 g/mol. The SMILES string of the molecule is COCCNC(=O)c1ccc(CC2CCN(C(=O)C3CCCO3)CC2)cc1. The van der Waals surface area contributed by atoms with Gasteiger partial charge in [0.15, 0.2) is 0 Å². The third kappa shape index (κ3) is 5.53. The van der Waals surface area contributed by atoms with Gasteiger partial charge >= 0.3 is 0 Å². The standard InChI is InChI=1S/C21H30N2O4/c1-26-14-10-22-20(24)18-6-4-16(5-7-18)15-17-8-11-23(12-9-17)21(25)19-3-2-13-27-19/h4-7,17,19H,2-3,8-15H2,1H3,(H,22,24). The van der Waals surface area contributed by atoms with E-state index in [-0.39, 0.29) is 17.9 Å². The van der Waals surface area contributed by atoms with Crippen LogP contribution in [0, 0.1) is 5.92 Å². The highest BCUT2D eigenvalue weighted by atomic mass is 16.5. The third-order valence-corrected chi connectivity index (χ3v) is 5.46. The quantitative estimate of drug-likeness (QED) is 0.742. The molecule has 2 heterocycles. The van der Waals surface area contributed by atoms with Crippen molar-refractivity contribution in [1.82, 2.24) is 10.2 Å². The number of carbonyl (C=O) groups excluding carboxylic acids is 2. The number of hydrogen-bond donors (Lipinski definition) is 1. The average molecular weight is 374 g/mol. The van der Waals surface area contributed by atoms with Gasteiger partial charge in [-0.3, -0.25) is 9.59 Å². The van der Waals surface area contributed by atoms with E-state index in [1.54, 1.807) is 7.11 Å². The van der Waals surface area contributed by atoms with Crippen molar-refractivity contribution in [2.45, 2.75) is 38.2 Å². The van der Waals surface area contributed by atoms with Crippen molar-refractivity contribution in [2.24, 2.45) is 5.92 Å². The van der Waals surface area contributed by atoms with Crippen molar-refractivity contribution < 1.29 is 19.1 Å². The predicted molar refractivity (Wildman–Crippen MR) is 103 cm³/mol. The topological polar surface area (TPSA) is 67.9 Å². The zero-order valence-electron chi connectivity index (χ0n) is 16.1. The lowest BCUT2D eigenvalue weighted by molar-refractivity contribution is -0.142. The Morgan fingerprint density at radius 1 is 1.19 bits per heavy atom. The van der Waals surface area contributed by atoms with E-state index in [0.29, 0.717) is 31.2 Å². The van der Waals surface area contributed by atoms with E-state index in [1.165, 1.54) is 5.56 Å². The molecule has 0 aliphatic carbocycles. The molecule has 0 spiro atoms. The Hall–Kier alpha value is -1.92. The molecule has 2 fully saturated rings. The highest BCUT2D eigenvalue weighted by Gasteiger charge is 2.30. The molecule has 1 N–H and O–H groups in total. The molecule has 0 radical (unpaired) electrons. The van der Waals surface area contributed by atoms with Gasteiger partial charge in [0.05, 0.1) is 6.61 Å². The first kappa shape index (κ1) is 19.8. The van der Waals surface area contributed by atoms with E-state index in [0.717, 1.165) is 45.2 Å². The number of nitrogens with zero attached hydrogens (tertiary/aromatic N) is 1. The summed E-state index contributed by atoms with van der Waals surface area (Å²) in [7, 11) is 1.61. The van der Waals surface area contributed by atoms with Crippen molar-refractivity contribution in [2.75, 3.05) is 40.0 Å². The molecule has 0 bridgehead atoms. The van der Waals surface area contributed by atoms with E-state index in [2.05, 4.69) is 5.32 Å². The van der Waals surface area contributed by atoms with Crippen LogP contribution in [0.4, 0.5) is 0 Å². The lowest BCUT2D eigenvalue weighted by Gasteiger charge is -2.33. The van der Waals surface area contributed by atoms with Crippen LogP contribution in [0.15, 0.2) is 24.3 Å². The molecule has 3 rings (SSSR count). The van der Waals surface area contributed by atoms with Gasteiger partial charge in [-0.2, -0.15) is 0 Å². The number of ether oxygens (including phenoxy) is 2. The van der Waals surface area contributed by atoms with E-state index in [1.807, 2.05) is 29.2 Å². The molecule has 27 heavy (non-hydrogen) atoms. The highest BCUT2D eigenvalue weighted by molar-refractivity contribution is 5.94. The summed E-state index contributed by atoms with van der Waals surface area (Å²) >= 11 is 0. The maximum Gasteiger partial charge on any atom is 0.251 e. The van der Waals surface area contributed by atoms with Crippen LogP contribution in [-0.4, -0.2) is 62.8 Å². The van der Waals surface area contributed by atoms with Gasteiger partial charge < -0.3 is 19.7 Å². The van der Waals surface area contributed by atoms with Crippen LogP contribution in [-0.2, 0) is 20.7 Å². The summed E-state index contributed by atoms with van der Waals surface area (Å²) in [4.78, 5) is 26.4. The van der Waals surface area contributed by atoms with Crippen molar-refractivity contribution in [3.8, 4) is 0 Å². The second-order valence-electron chi connectivity index (χ2n) is 7.42. The lowest BCUT2D eigenvalue weighted by Crippen LogP contribution is -2.44. The molecule has 1 aromatic carbocycles. The van der Waals surface area contributed by atoms with E-state index >= 15 is 0 Å². The number of carbonyl (C=O) groups is 2. The molecular formula is C21H30N2O4. The number of likely N-dealkylation sites (tertiary alicyclic amines) is 1. The van der Waals surface area contributed by atoms with Crippen molar-refractivity contribution >= 4 is 11.8 Å². The number of benzene rings is 1. The Morgan fingerprint density at radius 3 is 2.56 bits per heavy atom. The lowest BCUT2D eigenvalue weighted by atomic mass is 9.89. The first-order chi connectivity index (χ1) is 13.2. The van der Waals surface area contributed by atoms with Crippen LogP contribution >= 0.6 is 0 Å². The first-order valence-corrected chi connectivity index (χ1v) is 9.94. The van der Waals surface area contributed by atoms with Crippen LogP contribution < -0.4 is 5.32 Å². The molecule has 1 aromatic rings. The second-order valence-corrected chi connectivity index (χ2v) is 7.42. The van der Waals surface area contributed by atoms with Gasteiger partial charge in [0.25, 0.3) is 11.8 Å². The van der Waals surface area contributed by atoms with Crippen molar-refractivity contribution in [3.63, 3.8) is 0 Å². The fraction of sp³-hybridized carbons (Fsp3) is 0.619. The Kier molecular flexibility index (Phi) is 7.24. The van der Waals surface area contributed by atoms with Gasteiger partial charge in [0.1, 0.15) is 6.10 Å². The maximum atomic E-state index is 12.4. The summed E-state index contributed by atoms with van der Waals surface area (Å²) in [5, 5.41) is 2.83. The molecule has 6 heteroatoms. The molecule has 0 aromatic heterocycles. The number of hydrogen-bond acceptors (Lipinski definition) is 4. The molecule has 2 amide bonds. The van der Waals surface area contributed by atoms with Crippen LogP contribution in [0.2, 0.25) is 0 Å². The van der Waals surface area contributed by atoms with Crippen LogP contribution in [0.3, 0.4) is 0 Å². The van der Waals surface area contributed by atoms with Gasteiger partial charge in [-0.1, -0.05) is 12.1 Å². The summed E-state index contributed by atoms with van der Waals surface area (Å²) in [6, 6.07) is 7.84. The van der Waals surface area contributed by atoms with Gasteiger partial charge in [-0.25, -0.2) is 0 Å². The third-order valence-electron chi connectivity index (χ3n) is 5.46. The minimum Gasteiger partial charge on any atom is -0.383 e. The average Bonchev–Trinajstić information content (AvgIpc) is 3.23. The first-order valence-electron chi connectivity index (χ1n) is 9.94. The fourth-order valence-electron chi connectivity index (χ4n) is 3.83. The maximum absolute atomic E-state index is 12.4. The fourth-order valence-corrected chi connectivity index (χ4v) is 3.83. The molecule has 6 nitrogen and oxygen atoms in total. The molecule has 1 atom stereocenters. The molecule has 0 saturated carbocycles. The number of piperidine rings is 1. The second kappa shape index (κ2) is 9.85. The minimum absolute atomic E-state index is 0.0699. The van der Waals surface area contributed by atoms with Crippen LogP contribution in [0.1, 0.15) is 41.6 Å². The Labute approximate surface area is 161 Å². The van der Waals surface area contributed by atoms with Crippen LogP contribution in [0.25, 0.3) is 0 Å². The minimum atomic E-state index is -0.205. The largest absolute Gasteiger partial charge is 0.383 e. The molecule has 1 unspecified atom stereocenters. The molecule has 2 aliphatic heterocycles.